The summed E-state index contributed by atoms with van der Waals surface area (Å²) in [4.78, 5) is 16.8. The highest BCUT2D eigenvalue weighted by Crippen LogP contribution is 2.35. The topological polar surface area (TPSA) is 206 Å². The van der Waals surface area contributed by atoms with Gasteiger partial charge in [-0.2, -0.15) is 0 Å². The van der Waals surface area contributed by atoms with Crippen LogP contribution in [0.2, 0.25) is 0 Å². The number of halogens is 2. The van der Waals surface area contributed by atoms with Gasteiger partial charge in [-0.3, -0.25) is 36.8 Å². The number of thioether (sulfide) groups is 1. The molecule has 0 aliphatic carbocycles. The molecule has 1 amide bonds. The van der Waals surface area contributed by atoms with E-state index in [1.165, 1.54) is 38.3 Å². The van der Waals surface area contributed by atoms with Gasteiger partial charge < -0.3 is 20.5 Å². The van der Waals surface area contributed by atoms with Crippen molar-refractivity contribution in [3.63, 3.8) is 0 Å². The van der Waals surface area contributed by atoms with Gasteiger partial charge in [0.1, 0.15) is 22.2 Å². The Kier molecular flexibility index (Phi) is 10.6. The molecule has 0 saturated heterocycles. The molecule has 0 saturated carbocycles. The van der Waals surface area contributed by atoms with Crippen LogP contribution in [0.5, 0.6) is 5.75 Å². The average molecular weight is 555 g/mol. The predicted octanol–water partition coefficient (Wildman–Crippen LogP) is 4.29. The summed E-state index contributed by atoms with van der Waals surface area (Å²) >= 11 is 0.515. The SMILES string of the molecule is COc1cnc(C(F)F)cc1-c1cc(C(=N)OC(C)=N)ccc1C(=O)NC(=N)SC(=N)C#CC(=N)/C=C(/C)N. The quantitative estimate of drug-likeness (QED) is 0.157. The van der Waals surface area contributed by atoms with E-state index in [2.05, 4.69) is 22.1 Å². The number of carbonyl (C=O) groups excluding carboxylic acids is 1. The van der Waals surface area contributed by atoms with Gasteiger partial charge in [0.25, 0.3) is 12.3 Å². The number of alkyl halides is 2. The summed E-state index contributed by atoms with van der Waals surface area (Å²) in [7, 11) is 1.29. The molecule has 11 nitrogen and oxygen atoms in total. The number of hydrogen-bond donors (Lipinski definition) is 7. The number of amides is 1. The summed E-state index contributed by atoms with van der Waals surface area (Å²) in [5, 5.41) is 40.6. The van der Waals surface area contributed by atoms with Gasteiger partial charge in [0.2, 0.25) is 5.90 Å². The Bertz CT molecular complexity index is 1460. The number of ether oxygens (including phenoxy) is 2. The first kappa shape index (κ1) is 30.3. The monoisotopic (exact) mass is 554 g/mol. The number of pyridine rings is 1. The van der Waals surface area contributed by atoms with E-state index in [1.807, 2.05) is 0 Å². The first-order valence-electron chi connectivity index (χ1n) is 10.8. The molecule has 1 aromatic carbocycles. The summed E-state index contributed by atoms with van der Waals surface area (Å²) < 4.78 is 37.1. The molecule has 0 aliphatic rings. The van der Waals surface area contributed by atoms with Gasteiger partial charge in [-0.25, -0.2) is 8.78 Å². The van der Waals surface area contributed by atoms with E-state index in [4.69, 9.17) is 42.3 Å². The summed E-state index contributed by atoms with van der Waals surface area (Å²) in [6.45, 7) is 2.89. The minimum Gasteiger partial charge on any atom is -0.494 e. The lowest BCUT2D eigenvalue weighted by Crippen LogP contribution is -2.29. The molecule has 14 heteroatoms. The number of aromatic nitrogens is 1. The van der Waals surface area contributed by atoms with Gasteiger partial charge >= 0.3 is 0 Å². The fourth-order valence-electron chi connectivity index (χ4n) is 2.98. The Balaban J connectivity index is 2.46. The fraction of sp³-hybridized carbons (Fsp3) is 0.160. The van der Waals surface area contributed by atoms with Gasteiger partial charge in [-0.1, -0.05) is 0 Å². The van der Waals surface area contributed by atoms with E-state index in [0.717, 1.165) is 12.3 Å². The molecule has 1 aromatic heterocycles. The highest BCUT2D eigenvalue weighted by molar-refractivity contribution is 8.26. The second-order valence-electron chi connectivity index (χ2n) is 7.62. The van der Waals surface area contributed by atoms with Crippen molar-refractivity contribution in [3.8, 4) is 28.7 Å². The van der Waals surface area contributed by atoms with Crippen molar-refractivity contribution in [2.75, 3.05) is 7.11 Å². The van der Waals surface area contributed by atoms with Crippen LogP contribution in [-0.2, 0) is 4.74 Å². The highest BCUT2D eigenvalue weighted by Gasteiger charge is 2.22. The summed E-state index contributed by atoms with van der Waals surface area (Å²) in [5.74, 6) is 3.32. The van der Waals surface area contributed by atoms with Crippen LogP contribution in [0.25, 0.3) is 11.1 Å². The molecule has 0 atom stereocenters. The zero-order valence-corrected chi connectivity index (χ0v) is 21.8. The number of carbonyl (C=O) groups is 1. The van der Waals surface area contributed by atoms with E-state index in [0.29, 0.717) is 17.5 Å². The Morgan fingerprint density at radius 2 is 1.82 bits per heavy atom. The Hall–Kier alpha value is -4.90. The molecule has 39 heavy (non-hydrogen) atoms. The van der Waals surface area contributed by atoms with E-state index in [-0.39, 0.29) is 44.7 Å². The number of rotatable bonds is 6. The molecule has 0 bridgehead atoms. The van der Waals surface area contributed by atoms with E-state index >= 15 is 0 Å². The lowest BCUT2D eigenvalue weighted by atomic mass is 9.96. The van der Waals surface area contributed by atoms with Crippen LogP contribution in [0, 0.1) is 38.9 Å². The maximum absolute atomic E-state index is 13.4. The lowest BCUT2D eigenvalue weighted by molar-refractivity contribution is 0.0978. The van der Waals surface area contributed by atoms with Gasteiger partial charge in [-0.15, -0.1) is 0 Å². The smallest absolute Gasteiger partial charge is 0.280 e. The second-order valence-corrected chi connectivity index (χ2v) is 8.64. The van der Waals surface area contributed by atoms with Crippen LogP contribution in [0.1, 0.15) is 41.9 Å². The van der Waals surface area contributed by atoms with Crippen molar-refractivity contribution in [2.45, 2.75) is 20.3 Å². The molecule has 0 radical (unpaired) electrons. The number of methoxy groups -OCH3 is 1. The zero-order chi connectivity index (χ0) is 29.3. The molecule has 8 N–H and O–H groups in total. The van der Waals surface area contributed by atoms with E-state index < -0.39 is 29.1 Å². The fourth-order valence-corrected chi connectivity index (χ4v) is 3.43. The Labute approximate surface area is 226 Å². The molecule has 202 valence electrons. The van der Waals surface area contributed by atoms with E-state index in [9.17, 15) is 13.6 Å². The summed E-state index contributed by atoms with van der Waals surface area (Å²) in [6, 6.07) is 5.03. The number of allylic oxidation sites excluding steroid dienone is 2. The first-order chi connectivity index (χ1) is 18.3. The third kappa shape index (κ3) is 8.86. The number of amidine groups is 1. The van der Waals surface area contributed by atoms with Crippen LogP contribution in [0.4, 0.5) is 8.78 Å². The molecule has 0 fully saturated rings. The minimum atomic E-state index is -2.92. The number of nitrogens with zero attached hydrogens (tertiary/aromatic N) is 1. The predicted molar refractivity (Wildman–Crippen MR) is 146 cm³/mol. The molecule has 2 rings (SSSR count). The molecule has 0 unspecified atom stereocenters. The molecule has 0 spiro atoms. The molecule has 0 aliphatic heterocycles. The third-order valence-electron chi connectivity index (χ3n) is 4.52. The Morgan fingerprint density at radius 3 is 2.41 bits per heavy atom. The van der Waals surface area contributed by atoms with Gasteiger partial charge in [0, 0.05) is 29.3 Å². The maximum atomic E-state index is 13.4. The number of benzene rings is 1. The van der Waals surface area contributed by atoms with Crippen LogP contribution in [-0.4, -0.2) is 45.7 Å². The number of nitrogens with one attached hydrogen (secondary N) is 6. The second kappa shape index (κ2) is 13.6. The van der Waals surface area contributed by atoms with E-state index in [1.54, 1.807) is 6.92 Å². The summed E-state index contributed by atoms with van der Waals surface area (Å²) in [5.41, 5.74) is 5.30. The standard InChI is InChI=1S/C25H24F2N8O3S/c1-12(28)8-15(30)5-7-21(31)39-25(33)35-24(36)16-6-4-14(23(32)38-13(2)29)9-17(16)18-10-19(22(26)27)34-11-20(18)37-3/h4,6,8-11,22,29-32H,28H2,1-3H3,(H2,33,35,36)/b12-8-,29-13?,30-15?,31-21?,32-23?. The lowest BCUT2D eigenvalue weighted by Gasteiger charge is -2.16. The van der Waals surface area contributed by atoms with Crippen molar-refractivity contribution in [1.82, 2.24) is 10.3 Å². The van der Waals surface area contributed by atoms with Crippen LogP contribution in [0.15, 0.2) is 42.2 Å². The number of nitrogens with two attached hydrogens (primary N) is 1. The van der Waals surface area contributed by atoms with Gasteiger partial charge in [-0.05, 0) is 66.4 Å². The van der Waals surface area contributed by atoms with Gasteiger partial charge in [0.15, 0.2) is 11.1 Å². The van der Waals surface area contributed by atoms with Crippen LogP contribution >= 0.6 is 11.8 Å². The Morgan fingerprint density at radius 1 is 1.13 bits per heavy atom. The molecular formula is C25H24F2N8O3S. The molecule has 1 heterocycles. The van der Waals surface area contributed by atoms with Crippen molar-refractivity contribution >= 4 is 45.4 Å². The average Bonchev–Trinajstić information content (AvgIpc) is 2.85. The van der Waals surface area contributed by atoms with Crippen molar-refractivity contribution in [2.24, 2.45) is 5.73 Å². The molecule has 2 aromatic rings. The first-order valence-corrected chi connectivity index (χ1v) is 11.6. The zero-order valence-electron chi connectivity index (χ0n) is 21.0. The largest absolute Gasteiger partial charge is 0.494 e. The third-order valence-corrected chi connectivity index (χ3v) is 5.13. The van der Waals surface area contributed by atoms with Crippen molar-refractivity contribution in [3.05, 3.63) is 59.1 Å². The van der Waals surface area contributed by atoms with Crippen molar-refractivity contribution < 1.29 is 23.0 Å². The normalized spacial score (nSPS) is 10.7. The van der Waals surface area contributed by atoms with Crippen molar-refractivity contribution in [1.29, 1.82) is 27.0 Å². The summed E-state index contributed by atoms with van der Waals surface area (Å²) in [6.07, 6.45) is -0.546. The van der Waals surface area contributed by atoms with Crippen LogP contribution in [0.3, 0.4) is 0 Å². The number of hydrogen-bond acceptors (Lipinski definition) is 11. The highest BCUT2D eigenvalue weighted by atomic mass is 32.2. The minimum absolute atomic E-state index is 0.0620. The van der Waals surface area contributed by atoms with Gasteiger partial charge in [0.05, 0.1) is 13.3 Å². The van der Waals surface area contributed by atoms with Crippen LogP contribution < -0.4 is 15.8 Å². The maximum Gasteiger partial charge on any atom is 0.280 e. The molecular weight excluding hydrogens is 530 g/mol.